The van der Waals surface area contributed by atoms with Crippen LogP contribution < -0.4 is 5.73 Å². The number of imidazole rings is 1. The van der Waals surface area contributed by atoms with Crippen LogP contribution in [0.4, 0.5) is 0 Å². The van der Waals surface area contributed by atoms with Crippen LogP contribution in [-0.4, -0.2) is 30.0 Å². The molecule has 0 aliphatic carbocycles. The third kappa shape index (κ3) is 1.74. The summed E-state index contributed by atoms with van der Waals surface area (Å²) < 4.78 is 5.79. The van der Waals surface area contributed by atoms with Gasteiger partial charge in [-0.3, -0.25) is 4.57 Å². The van der Waals surface area contributed by atoms with E-state index in [0.717, 1.165) is 12.2 Å². The SMILES string of the molecule is CCc1nsc(-n2ccnc2C(N)=NO)n1. The van der Waals surface area contributed by atoms with Gasteiger partial charge in [0, 0.05) is 30.3 Å². The van der Waals surface area contributed by atoms with Crippen LogP contribution >= 0.6 is 11.5 Å². The molecule has 2 heterocycles. The van der Waals surface area contributed by atoms with E-state index in [2.05, 4.69) is 19.5 Å². The van der Waals surface area contributed by atoms with Crippen molar-refractivity contribution < 1.29 is 5.21 Å². The molecule has 0 bridgehead atoms. The van der Waals surface area contributed by atoms with Crippen molar-refractivity contribution in [3.8, 4) is 5.13 Å². The van der Waals surface area contributed by atoms with E-state index in [1.54, 1.807) is 17.0 Å². The van der Waals surface area contributed by atoms with Gasteiger partial charge in [0.15, 0.2) is 5.82 Å². The summed E-state index contributed by atoms with van der Waals surface area (Å²) in [4.78, 5) is 8.27. The molecule has 0 unspecified atom stereocenters. The van der Waals surface area contributed by atoms with Crippen molar-refractivity contribution in [2.24, 2.45) is 10.9 Å². The predicted octanol–water partition coefficient (Wildman–Crippen LogP) is 0.381. The molecule has 0 aliphatic heterocycles. The van der Waals surface area contributed by atoms with E-state index < -0.39 is 0 Å². The number of aromatic nitrogens is 4. The molecule has 0 spiro atoms. The quantitative estimate of drug-likeness (QED) is 0.348. The van der Waals surface area contributed by atoms with Gasteiger partial charge in [-0.05, 0) is 0 Å². The van der Waals surface area contributed by atoms with E-state index in [1.807, 2.05) is 6.92 Å². The van der Waals surface area contributed by atoms with Crippen molar-refractivity contribution in [3.63, 3.8) is 0 Å². The van der Waals surface area contributed by atoms with E-state index in [9.17, 15) is 0 Å². The minimum absolute atomic E-state index is 0.0572. The van der Waals surface area contributed by atoms with Crippen molar-refractivity contribution in [2.75, 3.05) is 0 Å². The fourth-order valence-electron chi connectivity index (χ4n) is 1.18. The molecule has 8 heteroatoms. The Morgan fingerprint density at radius 2 is 2.50 bits per heavy atom. The maximum atomic E-state index is 8.61. The van der Waals surface area contributed by atoms with Crippen LogP contribution in [0, 0.1) is 0 Å². The van der Waals surface area contributed by atoms with Crippen molar-refractivity contribution >= 4 is 17.4 Å². The maximum absolute atomic E-state index is 8.61. The molecule has 0 saturated carbocycles. The van der Waals surface area contributed by atoms with E-state index in [0.29, 0.717) is 11.0 Å². The van der Waals surface area contributed by atoms with Crippen LogP contribution in [0.3, 0.4) is 0 Å². The minimum atomic E-state index is -0.0572. The zero-order valence-electron chi connectivity index (χ0n) is 8.53. The standard InChI is InChI=1S/C8H10N6OS/c1-2-5-11-8(16-13-5)14-4-3-10-7(14)6(9)12-15/h3-4,15H,2H2,1H3,(H2,9,12). The number of nitrogens with two attached hydrogens (primary N) is 1. The first-order chi connectivity index (χ1) is 7.76. The van der Waals surface area contributed by atoms with Gasteiger partial charge >= 0.3 is 0 Å². The highest BCUT2D eigenvalue weighted by atomic mass is 32.1. The largest absolute Gasteiger partial charge is 0.409 e. The fraction of sp³-hybridized carbons (Fsp3) is 0.250. The number of aryl methyl sites for hydroxylation is 1. The molecular formula is C8H10N6OS. The van der Waals surface area contributed by atoms with Gasteiger partial charge in [0.25, 0.3) is 0 Å². The van der Waals surface area contributed by atoms with Gasteiger partial charge in [0.05, 0.1) is 0 Å². The normalized spacial score (nSPS) is 11.9. The summed E-state index contributed by atoms with van der Waals surface area (Å²) in [6, 6.07) is 0. The molecule has 7 nitrogen and oxygen atoms in total. The first-order valence-corrected chi connectivity index (χ1v) is 5.37. The second kappa shape index (κ2) is 4.27. The number of rotatable bonds is 3. The molecule has 0 radical (unpaired) electrons. The third-order valence-corrected chi connectivity index (χ3v) is 2.71. The molecule has 0 saturated heterocycles. The van der Waals surface area contributed by atoms with Crippen LogP contribution in [0.25, 0.3) is 5.13 Å². The molecule has 3 N–H and O–H groups in total. The summed E-state index contributed by atoms with van der Waals surface area (Å²) in [5, 5.41) is 12.2. The highest BCUT2D eigenvalue weighted by molar-refractivity contribution is 7.08. The monoisotopic (exact) mass is 238 g/mol. The van der Waals surface area contributed by atoms with Gasteiger partial charge in [0.1, 0.15) is 5.82 Å². The fourth-order valence-corrected chi connectivity index (χ4v) is 1.92. The Balaban J connectivity index is 2.44. The van der Waals surface area contributed by atoms with Crippen LogP contribution in [0.5, 0.6) is 0 Å². The van der Waals surface area contributed by atoms with Crippen LogP contribution in [0.2, 0.25) is 0 Å². The number of oxime groups is 1. The first kappa shape index (κ1) is 10.6. The Kier molecular flexibility index (Phi) is 2.82. The van der Waals surface area contributed by atoms with E-state index in [1.165, 1.54) is 11.5 Å². The Hall–Kier alpha value is -1.96. The van der Waals surface area contributed by atoms with Crippen molar-refractivity contribution in [3.05, 3.63) is 24.0 Å². The summed E-state index contributed by atoms with van der Waals surface area (Å²) in [6.45, 7) is 1.98. The van der Waals surface area contributed by atoms with E-state index in [-0.39, 0.29) is 5.84 Å². The lowest BCUT2D eigenvalue weighted by atomic mass is 10.5. The molecule has 0 fully saturated rings. The average molecular weight is 238 g/mol. The zero-order chi connectivity index (χ0) is 11.5. The predicted molar refractivity (Wildman–Crippen MR) is 58.9 cm³/mol. The molecule has 2 aromatic heterocycles. The number of nitrogens with zero attached hydrogens (tertiary/aromatic N) is 5. The summed E-state index contributed by atoms with van der Waals surface area (Å²) in [5.74, 6) is 1.05. The van der Waals surface area contributed by atoms with Gasteiger partial charge in [-0.1, -0.05) is 12.1 Å². The molecule has 0 aliphatic rings. The van der Waals surface area contributed by atoms with Gasteiger partial charge in [-0.2, -0.15) is 4.37 Å². The highest BCUT2D eigenvalue weighted by Gasteiger charge is 2.12. The summed E-state index contributed by atoms with van der Waals surface area (Å²) in [7, 11) is 0. The van der Waals surface area contributed by atoms with Crippen molar-refractivity contribution in [1.29, 1.82) is 0 Å². The van der Waals surface area contributed by atoms with Crippen LogP contribution in [0.15, 0.2) is 17.5 Å². The zero-order valence-corrected chi connectivity index (χ0v) is 9.35. The second-order valence-electron chi connectivity index (χ2n) is 2.95. The van der Waals surface area contributed by atoms with Gasteiger partial charge in [0.2, 0.25) is 11.0 Å². The lowest BCUT2D eigenvalue weighted by Crippen LogP contribution is -2.18. The molecule has 0 atom stereocenters. The third-order valence-electron chi connectivity index (χ3n) is 1.96. The van der Waals surface area contributed by atoms with Gasteiger partial charge < -0.3 is 10.9 Å². The molecular weight excluding hydrogens is 228 g/mol. The summed E-state index contributed by atoms with van der Waals surface area (Å²) in [6.07, 6.45) is 4.01. The minimum Gasteiger partial charge on any atom is -0.409 e. The molecule has 2 rings (SSSR count). The molecule has 16 heavy (non-hydrogen) atoms. The molecule has 84 valence electrons. The smallest absolute Gasteiger partial charge is 0.215 e. The number of hydrogen-bond acceptors (Lipinski definition) is 6. The summed E-state index contributed by atoms with van der Waals surface area (Å²) in [5.41, 5.74) is 5.49. The Morgan fingerprint density at radius 1 is 1.69 bits per heavy atom. The molecule has 0 aromatic carbocycles. The van der Waals surface area contributed by atoms with E-state index in [4.69, 9.17) is 10.9 Å². The Morgan fingerprint density at radius 3 is 3.12 bits per heavy atom. The lowest BCUT2D eigenvalue weighted by molar-refractivity contribution is 0.318. The van der Waals surface area contributed by atoms with Gasteiger partial charge in [-0.15, -0.1) is 0 Å². The topological polar surface area (TPSA) is 102 Å². The van der Waals surface area contributed by atoms with Crippen LogP contribution in [-0.2, 0) is 6.42 Å². The van der Waals surface area contributed by atoms with Crippen molar-refractivity contribution in [1.82, 2.24) is 18.9 Å². The van der Waals surface area contributed by atoms with E-state index >= 15 is 0 Å². The Bertz CT molecular complexity index is 516. The molecule has 2 aromatic rings. The summed E-state index contributed by atoms with van der Waals surface area (Å²) >= 11 is 1.24. The number of amidine groups is 1. The van der Waals surface area contributed by atoms with Crippen molar-refractivity contribution in [2.45, 2.75) is 13.3 Å². The van der Waals surface area contributed by atoms with Crippen LogP contribution in [0.1, 0.15) is 18.6 Å². The highest BCUT2D eigenvalue weighted by Crippen LogP contribution is 2.13. The molecule has 0 amide bonds. The first-order valence-electron chi connectivity index (χ1n) is 4.60. The second-order valence-corrected chi connectivity index (χ2v) is 3.68. The Labute approximate surface area is 95.4 Å². The maximum Gasteiger partial charge on any atom is 0.215 e. The van der Waals surface area contributed by atoms with Gasteiger partial charge in [-0.25, -0.2) is 9.97 Å². The lowest BCUT2D eigenvalue weighted by Gasteiger charge is -2.00. The number of hydrogen-bond donors (Lipinski definition) is 2. The average Bonchev–Trinajstić information content (AvgIpc) is 2.95.